The van der Waals surface area contributed by atoms with Gasteiger partial charge in [-0.2, -0.15) is 0 Å². The van der Waals surface area contributed by atoms with Crippen LogP contribution in [0.25, 0.3) is 0 Å². The molecule has 14 heavy (non-hydrogen) atoms. The molecule has 1 atom stereocenters. The minimum atomic E-state index is -0.0434. The lowest BCUT2D eigenvalue weighted by Crippen LogP contribution is -2.35. The molecule has 0 spiro atoms. The number of hydrogen-bond acceptors (Lipinski definition) is 2. The number of rotatable bonds is 4. The Morgan fingerprint density at radius 1 is 1.50 bits per heavy atom. The maximum absolute atomic E-state index is 11.8. The van der Waals surface area contributed by atoms with Crippen LogP contribution in [-0.4, -0.2) is 47.8 Å². The van der Waals surface area contributed by atoms with Gasteiger partial charge in [0.2, 0.25) is 0 Å². The molecule has 4 nitrogen and oxygen atoms in total. The molecule has 0 radical (unpaired) electrons. The molecule has 1 saturated heterocycles. The van der Waals surface area contributed by atoms with Gasteiger partial charge in [0.15, 0.2) is 0 Å². The summed E-state index contributed by atoms with van der Waals surface area (Å²) in [6.07, 6.45) is 3.22. The zero-order chi connectivity index (χ0) is 10.1. The van der Waals surface area contributed by atoms with Crippen molar-refractivity contribution in [3.63, 3.8) is 0 Å². The topological polar surface area (TPSA) is 40.6 Å². The number of nitrogens with zero attached hydrogens (tertiary/aromatic N) is 2. The van der Waals surface area contributed by atoms with Gasteiger partial charge in [-0.05, 0) is 12.8 Å². The number of aldehydes is 1. The molecule has 4 heteroatoms. The first-order chi connectivity index (χ1) is 6.72. The molecule has 0 aromatic rings. The van der Waals surface area contributed by atoms with Crippen LogP contribution in [0.15, 0.2) is 0 Å². The summed E-state index contributed by atoms with van der Waals surface area (Å²) in [5.41, 5.74) is 0. The Kier molecular flexibility index (Phi) is 2.44. The zero-order valence-electron chi connectivity index (χ0n) is 8.48. The van der Waals surface area contributed by atoms with E-state index >= 15 is 0 Å². The van der Waals surface area contributed by atoms with Crippen molar-refractivity contribution < 1.29 is 9.59 Å². The Labute approximate surface area is 83.9 Å². The fourth-order valence-corrected chi connectivity index (χ4v) is 1.89. The molecule has 2 rings (SSSR count). The van der Waals surface area contributed by atoms with Gasteiger partial charge >= 0.3 is 6.03 Å². The van der Waals surface area contributed by atoms with E-state index in [2.05, 4.69) is 0 Å². The van der Waals surface area contributed by atoms with Gasteiger partial charge in [-0.15, -0.1) is 0 Å². The van der Waals surface area contributed by atoms with Crippen LogP contribution in [0.1, 0.15) is 19.8 Å². The van der Waals surface area contributed by atoms with Crippen LogP contribution in [0.3, 0.4) is 0 Å². The molecule has 1 unspecified atom stereocenters. The van der Waals surface area contributed by atoms with Crippen LogP contribution in [0.5, 0.6) is 0 Å². The van der Waals surface area contributed by atoms with Crippen molar-refractivity contribution in [1.29, 1.82) is 0 Å². The molecular formula is C10H16N2O2. The summed E-state index contributed by atoms with van der Waals surface area (Å²) in [6, 6.07) is 0.625. The molecule has 78 valence electrons. The summed E-state index contributed by atoms with van der Waals surface area (Å²) in [7, 11) is 0. The van der Waals surface area contributed by atoms with E-state index in [9.17, 15) is 9.59 Å². The Morgan fingerprint density at radius 2 is 2.21 bits per heavy atom. The quantitative estimate of drug-likeness (QED) is 0.622. The first-order valence-electron chi connectivity index (χ1n) is 5.23. The fourth-order valence-electron chi connectivity index (χ4n) is 1.89. The third kappa shape index (κ3) is 1.74. The molecule has 2 aliphatic rings. The van der Waals surface area contributed by atoms with Gasteiger partial charge in [0.05, 0.1) is 0 Å². The Balaban J connectivity index is 1.89. The van der Waals surface area contributed by atoms with Crippen molar-refractivity contribution in [3.8, 4) is 0 Å². The Morgan fingerprint density at radius 3 is 2.79 bits per heavy atom. The number of carbonyl (C=O) groups is 2. The average Bonchev–Trinajstić information content (AvgIpc) is 2.95. The number of hydrogen-bond donors (Lipinski definition) is 0. The maximum atomic E-state index is 11.8. The highest BCUT2D eigenvalue weighted by molar-refractivity contribution is 5.77. The van der Waals surface area contributed by atoms with Crippen molar-refractivity contribution in [2.75, 3.05) is 19.6 Å². The average molecular weight is 196 g/mol. The lowest BCUT2D eigenvalue weighted by atomic mass is 10.2. The summed E-state index contributed by atoms with van der Waals surface area (Å²) in [6.45, 7) is 4.05. The molecule has 1 aliphatic heterocycles. The molecule has 1 aliphatic carbocycles. The minimum absolute atomic E-state index is 0.0434. The highest BCUT2D eigenvalue weighted by atomic mass is 16.2. The summed E-state index contributed by atoms with van der Waals surface area (Å²) < 4.78 is 0. The summed E-state index contributed by atoms with van der Waals surface area (Å²) in [5, 5.41) is 0. The van der Waals surface area contributed by atoms with Gasteiger partial charge in [-0.1, -0.05) is 6.92 Å². The highest BCUT2D eigenvalue weighted by Gasteiger charge is 2.38. The second-order valence-corrected chi connectivity index (χ2v) is 4.27. The van der Waals surface area contributed by atoms with Crippen LogP contribution in [0.2, 0.25) is 0 Å². The standard InChI is InChI=1S/C10H16N2O2/c1-8(7-13)6-11-4-5-12(10(11)14)9-2-3-9/h7-9H,2-6H2,1H3. The molecule has 0 aromatic heterocycles. The van der Waals surface area contributed by atoms with E-state index < -0.39 is 0 Å². The van der Waals surface area contributed by atoms with Gasteiger partial charge in [0.1, 0.15) is 6.29 Å². The molecule has 0 N–H and O–H groups in total. The van der Waals surface area contributed by atoms with Crippen LogP contribution in [0.4, 0.5) is 4.79 Å². The first-order valence-corrected chi connectivity index (χ1v) is 5.23. The number of amides is 2. The smallest absolute Gasteiger partial charge is 0.320 e. The van der Waals surface area contributed by atoms with E-state index in [-0.39, 0.29) is 11.9 Å². The van der Waals surface area contributed by atoms with Crippen molar-refractivity contribution >= 4 is 12.3 Å². The van der Waals surface area contributed by atoms with Crippen molar-refractivity contribution in [2.45, 2.75) is 25.8 Å². The third-order valence-corrected chi connectivity index (χ3v) is 2.86. The molecule has 1 heterocycles. The van der Waals surface area contributed by atoms with Gasteiger partial charge in [-0.3, -0.25) is 0 Å². The zero-order valence-corrected chi connectivity index (χ0v) is 8.48. The highest BCUT2D eigenvalue weighted by Crippen LogP contribution is 2.29. The molecule has 1 saturated carbocycles. The van der Waals surface area contributed by atoms with E-state index in [0.29, 0.717) is 12.6 Å². The monoisotopic (exact) mass is 196 g/mol. The van der Waals surface area contributed by atoms with Crippen LogP contribution < -0.4 is 0 Å². The molecular weight excluding hydrogens is 180 g/mol. The Hall–Kier alpha value is -1.06. The lowest BCUT2D eigenvalue weighted by molar-refractivity contribution is -0.110. The second kappa shape index (κ2) is 3.59. The van der Waals surface area contributed by atoms with Gasteiger partial charge < -0.3 is 14.6 Å². The SMILES string of the molecule is CC(C=O)CN1CCN(C2CC2)C1=O. The number of urea groups is 1. The van der Waals surface area contributed by atoms with Crippen LogP contribution in [-0.2, 0) is 4.79 Å². The summed E-state index contributed by atoms with van der Waals surface area (Å²) >= 11 is 0. The predicted molar refractivity (Wildman–Crippen MR) is 51.9 cm³/mol. The van der Waals surface area contributed by atoms with E-state index in [1.165, 1.54) is 0 Å². The van der Waals surface area contributed by atoms with Gasteiger partial charge in [0.25, 0.3) is 0 Å². The van der Waals surface area contributed by atoms with Crippen LogP contribution >= 0.6 is 0 Å². The number of carbonyl (C=O) groups excluding carboxylic acids is 2. The molecule has 0 aromatic carbocycles. The van der Waals surface area contributed by atoms with Crippen LogP contribution in [0, 0.1) is 5.92 Å². The van der Waals surface area contributed by atoms with E-state index in [1.54, 1.807) is 4.90 Å². The maximum Gasteiger partial charge on any atom is 0.320 e. The van der Waals surface area contributed by atoms with E-state index in [0.717, 1.165) is 32.2 Å². The first kappa shape index (κ1) is 9.49. The predicted octanol–water partition coefficient (Wildman–Crippen LogP) is 0.721. The largest absolute Gasteiger partial charge is 0.322 e. The normalized spacial score (nSPS) is 24.2. The second-order valence-electron chi connectivity index (χ2n) is 4.27. The van der Waals surface area contributed by atoms with Gasteiger partial charge in [-0.25, -0.2) is 4.79 Å². The minimum Gasteiger partial charge on any atom is -0.322 e. The van der Waals surface area contributed by atoms with Gasteiger partial charge in [0, 0.05) is 31.6 Å². The fraction of sp³-hybridized carbons (Fsp3) is 0.800. The van der Waals surface area contributed by atoms with Crippen molar-refractivity contribution in [1.82, 2.24) is 9.80 Å². The van der Waals surface area contributed by atoms with E-state index in [1.807, 2.05) is 11.8 Å². The molecule has 0 bridgehead atoms. The van der Waals surface area contributed by atoms with Crippen molar-refractivity contribution in [3.05, 3.63) is 0 Å². The molecule has 2 amide bonds. The summed E-state index contributed by atoms with van der Waals surface area (Å²) in [5.74, 6) is -0.0434. The lowest BCUT2D eigenvalue weighted by Gasteiger charge is -2.19. The molecule has 2 fully saturated rings. The Bertz CT molecular complexity index is 251. The summed E-state index contributed by atoms with van der Waals surface area (Å²) in [4.78, 5) is 26.0. The third-order valence-electron chi connectivity index (χ3n) is 2.86. The van der Waals surface area contributed by atoms with E-state index in [4.69, 9.17) is 0 Å². The van der Waals surface area contributed by atoms with Crippen molar-refractivity contribution in [2.24, 2.45) is 5.92 Å².